The topological polar surface area (TPSA) is 49.4 Å². The maximum atomic E-state index is 12.9. The number of carbonyl (C=O) groups is 2. The standard InChI is InChI=1S/C23H32N2O2/c26-22(24-15-17-8-9-17)21-7-4-14-25(16-21)23(27)20-12-10-19(11-13-20)18-5-2-1-3-6-18/h10-13,17-18,21H,1-9,14-16H2,(H,24,26)/t21-/m0/s1. The van der Waals surface area contributed by atoms with Crippen LogP contribution in [0.3, 0.4) is 0 Å². The van der Waals surface area contributed by atoms with Crippen LogP contribution in [0.2, 0.25) is 0 Å². The Kier molecular flexibility index (Phi) is 5.80. The molecule has 0 bridgehead atoms. The molecule has 4 heteroatoms. The fourth-order valence-corrected chi connectivity index (χ4v) is 4.60. The van der Waals surface area contributed by atoms with Crippen molar-refractivity contribution >= 4 is 11.8 Å². The maximum Gasteiger partial charge on any atom is 0.253 e. The molecule has 146 valence electrons. The number of rotatable bonds is 5. The summed E-state index contributed by atoms with van der Waals surface area (Å²) in [6, 6.07) is 8.27. The van der Waals surface area contributed by atoms with Gasteiger partial charge in [0.1, 0.15) is 0 Å². The van der Waals surface area contributed by atoms with E-state index in [2.05, 4.69) is 17.4 Å². The summed E-state index contributed by atoms with van der Waals surface area (Å²) < 4.78 is 0. The Morgan fingerprint density at radius 2 is 1.67 bits per heavy atom. The van der Waals surface area contributed by atoms with Gasteiger partial charge in [0.15, 0.2) is 0 Å². The molecule has 27 heavy (non-hydrogen) atoms. The quantitative estimate of drug-likeness (QED) is 0.850. The molecule has 3 fully saturated rings. The second-order valence-corrected chi connectivity index (χ2v) is 8.74. The van der Waals surface area contributed by atoms with E-state index in [1.165, 1.54) is 50.5 Å². The summed E-state index contributed by atoms with van der Waals surface area (Å²) in [5, 5.41) is 3.08. The number of nitrogens with one attached hydrogen (secondary N) is 1. The van der Waals surface area contributed by atoms with Crippen molar-refractivity contribution in [2.45, 2.75) is 63.7 Å². The normalized spacial score (nSPS) is 23.9. The first-order valence-corrected chi connectivity index (χ1v) is 10.9. The van der Waals surface area contributed by atoms with Crippen molar-refractivity contribution in [1.29, 1.82) is 0 Å². The Balaban J connectivity index is 1.34. The summed E-state index contributed by atoms with van der Waals surface area (Å²) in [4.78, 5) is 27.2. The van der Waals surface area contributed by atoms with Crippen molar-refractivity contribution in [2.24, 2.45) is 11.8 Å². The third-order valence-electron chi connectivity index (χ3n) is 6.58. The van der Waals surface area contributed by atoms with E-state index >= 15 is 0 Å². The van der Waals surface area contributed by atoms with Crippen LogP contribution in [0.4, 0.5) is 0 Å². The highest BCUT2D eigenvalue weighted by molar-refractivity contribution is 5.94. The average molecular weight is 369 g/mol. The van der Waals surface area contributed by atoms with Gasteiger partial charge in [-0.25, -0.2) is 0 Å². The van der Waals surface area contributed by atoms with Gasteiger partial charge in [-0.1, -0.05) is 31.4 Å². The molecule has 1 atom stereocenters. The van der Waals surface area contributed by atoms with Gasteiger partial charge in [-0.15, -0.1) is 0 Å². The van der Waals surface area contributed by atoms with E-state index in [1.54, 1.807) is 0 Å². The van der Waals surface area contributed by atoms with E-state index in [1.807, 2.05) is 17.0 Å². The summed E-state index contributed by atoms with van der Waals surface area (Å²) in [6.07, 6.45) is 10.8. The van der Waals surface area contributed by atoms with Crippen LogP contribution in [-0.4, -0.2) is 36.3 Å². The van der Waals surface area contributed by atoms with Crippen LogP contribution in [0.25, 0.3) is 0 Å². The van der Waals surface area contributed by atoms with Crippen LogP contribution >= 0.6 is 0 Å². The predicted molar refractivity (Wildman–Crippen MR) is 107 cm³/mol. The fraction of sp³-hybridized carbons (Fsp3) is 0.652. The molecule has 4 nitrogen and oxygen atoms in total. The van der Waals surface area contributed by atoms with Gasteiger partial charge in [0.2, 0.25) is 5.91 Å². The number of hydrogen-bond acceptors (Lipinski definition) is 2. The van der Waals surface area contributed by atoms with Gasteiger partial charge >= 0.3 is 0 Å². The van der Waals surface area contributed by atoms with Gasteiger partial charge in [-0.05, 0) is 68.1 Å². The lowest BCUT2D eigenvalue weighted by Crippen LogP contribution is -2.45. The molecule has 1 N–H and O–H groups in total. The Labute approximate surface area is 162 Å². The predicted octanol–water partition coefficient (Wildman–Crippen LogP) is 4.11. The summed E-state index contributed by atoms with van der Waals surface area (Å²) in [5.74, 6) is 1.51. The average Bonchev–Trinajstić information content (AvgIpc) is 3.57. The highest BCUT2D eigenvalue weighted by Crippen LogP contribution is 2.33. The molecule has 2 amide bonds. The molecule has 4 rings (SSSR count). The molecule has 0 aromatic heterocycles. The Morgan fingerprint density at radius 3 is 2.37 bits per heavy atom. The van der Waals surface area contributed by atoms with E-state index in [9.17, 15) is 9.59 Å². The first kappa shape index (κ1) is 18.5. The maximum absolute atomic E-state index is 12.9. The van der Waals surface area contributed by atoms with E-state index in [-0.39, 0.29) is 17.7 Å². The summed E-state index contributed by atoms with van der Waals surface area (Å²) in [5.41, 5.74) is 2.14. The first-order chi connectivity index (χ1) is 13.2. The molecule has 1 heterocycles. The first-order valence-electron chi connectivity index (χ1n) is 10.9. The number of likely N-dealkylation sites (tertiary alicyclic amines) is 1. The fourth-order valence-electron chi connectivity index (χ4n) is 4.60. The molecule has 1 aliphatic heterocycles. The Morgan fingerprint density at radius 1 is 0.926 bits per heavy atom. The number of benzene rings is 1. The number of carbonyl (C=O) groups excluding carboxylic acids is 2. The van der Waals surface area contributed by atoms with E-state index < -0.39 is 0 Å². The molecule has 3 aliphatic rings. The van der Waals surface area contributed by atoms with Gasteiger partial charge < -0.3 is 10.2 Å². The van der Waals surface area contributed by atoms with Crippen LogP contribution < -0.4 is 5.32 Å². The minimum Gasteiger partial charge on any atom is -0.356 e. The lowest BCUT2D eigenvalue weighted by Gasteiger charge is -2.32. The molecule has 1 aromatic rings. The van der Waals surface area contributed by atoms with Crippen LogP contribution in [0.15, 0.2) is 24.3 Å². The largest absolute Gasteiger partial charge is 0.356 e. The molecule has 2 aliphatic carbocycles. The number of amides is 2. The second-order valence-electron chi connectivity index (χ2n) is 8.74. The molecule has 0 unspecified atom stereocenters. The molecular weight excluding hydrogens is 336 g/mol. The lowest BCUT2D eigenvalue weighted by atomic mass is 9.84. The highest BCUT2D eigenvalue weighted by atomic mass is 16.2. The van der Waals surface area contributed by atoms with Gasteiger partial charge in [0.05, 0.1) is 5.92 Å². The van der Waals surface area contributed by atoms with E-state index in [4.69, 9.17) is 0 Å². The zero-order chi connectivity index (χ0) is 18.6. The second kappa shape index (κ2) is 8.45. The molecule has 2 saturated carbocycles. The van der Waals surface area contributed by atoms with E-state index in [0.29, 0.717) is 18.4 Å². The van der Waals surface area contributed by atoms with Crippen LogP contribution in [-0.2, 0) is 4.79 Å². The highest BCUT2D eigenvalue weighted by Gasteiger charge is 2.30. The Hall–Kier alpha value is -1.84. The number of piperidine rings is 1. The minimum atomic E-state index is -0.0528. The lowest BCUT2D eigenvalue weighted by molar-refractivity contribution is -0.126. The monoisotopic (exact) mass is 368 g/mol. The molecule has 0 spiro atoms. The summed E-state index contributed by atoms with van der Waals surface area (Å²) in [6.45, 7) is 2.13. The molecule has 1 aromatic carbocycles. The van der Waals surface area contributed by atoms with Crippen molar-refractivity contribution in [1.82, 2.24) is 10.2 Å². The van der Waals surface area contributed by atoms with Crippen LogP contribution in [0, 0.1) is 11.8 Å². The van der Waals surface area contributed by atoms with Crippen LogP contribution in [0.5, 0.6) is 0 Å². The smallest absolute Gasteiger partial charge is 0.253 e. The summed E-state index contributed by atoms with van der Waals surface area (Å²) >= 11 is 0. The van der Waals surface area contributed by atoms with Crippen molar-refractivity contribution in [3.05, 3.63) is 35.4 Å². The Bertz CT molecular complexity index is 659. The molecule has 0 radical (unpaired) electrons. The van der Waals surface area contributed by atoms with Gasteiger partial charge in [-0.2, -0.15) is 0 Å². The minimum absolute atomic E-state index is 0.0528. The van der Waals surface area contributed by atoms with Crippen molar-refractivity contribution in [3.8, 4) is 0 Å². The zero-order valence-electron chi connectivity index (χ0n) is 16.3. The van der Waals surface area contributed by atoms with Gasteiger partial charge in [-0.3, -0.25) is 9.59 Å². The number of hydrogen-bond donors (Lipinski definition) is 1. The van der Waals surface area contributed by atoms with Crippen molar-refractivity contribution in [3.63, 3.8) is 0 Å². The summed E-state index contributed by atoms with van der Waals surface area (Å²) in [7, 11) is 0. The molecular formula is C23H32N2O2. The van der Waals surface area contributed by atoms with Gasteiger partial charge in [0, 0.05) is 25.2 Å². The van der Waals surface area contributed by atoms with Gasteiger partial charge in [0.25, 0.3) is 5.91 Å². The molecule has 1 saturated heterocycles. The zero-order valence-corrected chi connectivity index (χ0v) is 16.3. The van der Waals surface area contributed by atoms with E-state index in [0.717, 1.165) is 31.5 Å². The third-order valence-corrected chi connectivity index (χ3v) is 6.58. The third kappa shape index (κ3) is 4.72. The van der Waals surface area contributed by atoms with Crippen LogP contribution in [0.1, 0.15) is 79.6 Å². The SMILES string of the molecule is O=C(NCC1CC1)[C@H]1CCCN(C(=O)c2ccc(C3CCCCC3)cc2)C1. The number of nitrogens with zero attached hydrogens (tertiary/aromatic N) is 1. The van der Waals surface area contributed by atoms with Crippen molar-refractivity contribution < 1.29 is 9.59 Å². The van der Waals surface area contributed by atoms with Crippen molar-refractivity contribution in [2.75, 3.05) is 19.6 Å².